The summed E-state index contributed by atoms with van der Waals surface area (Å²) in [5, 5.41) is 23.7. The Morgan fingerprint density at radius 1 is 0.838 bits per heavy atom. The molecule has 2 atom stereocenters. The van der Waals surface area contributed by atoms with E-state index in [1.165, 1.54) is 0 Å². The normalized spacial score (nSPS) is 14.5. The van der Waals surface area contributed by atoms with Crippen LogP contribution >= 0.6 is 23.2 Å². The summed E-state index contributed by atoms with van der Waals surface area (Å²) < 4.78 is 0. The number of amides is 3. The first-order chi connectivity index (χ1) is 17.4. The third kappa shape index (κ3) is 10.6. The molecule has 37 heavy (non-hydrogen) atoms. The molecule has 0 heterocycles. The predicted octanol–water partition coefficient (Wildman–Crippen LogP) is 3.06. The molecule has 0 saturated carbocycles. The number of nitrogens with one attached hydrogen (secondary N) is 2. The number of carboxylic acids is 2. The number of nitrogens with two attached hydrogens (primary N) is 1. The molecule has 10 nitrogen and oxygen atoms in total. The Labute approximate surface area is 223 Å². The van der Waals surface area contributed by atoms with Gasteiger partial charge in [-0.2, -0.15) is 0 Å². The molecule has 0 radical (unpaired) electrons. The van der Waals surface area contributed by atoms with Crippen LogP contribution in [0.25, 0.3) is 5.57 Å². The van der Waals surface area contributed by atoms with Crippen molar-refractivity contribution in [3.8, 4) is 0 Å². The summed E-state index contributed by atoms with van der Waals surface area (Å²) in [6, 6.07) is 2.82. The molecular formula is C25H29Cl2N3O7. The van der Waals surface area contributed by atoms with Crippen LogP contribution in [0.5, 0.6) is 0 Å². The van der Waals surface area contributed by atoms with Crippen LogP contribution in [0.2, 0.25) is 10.0 Å². The Bertz CT molecular complexity index is 1100. The number of carboxylic acid groups (broad SMARTS) is 2. The molecule has 0 aromatic heterocycles. The number of halogens is 2. The lowest BCUT2D eigenvalue weighted by Gasteiger charge is -2.21. The molecule has 6 N–H and O–H groups in total. The van der Waals surface area contributed by atoms with Crippen LogP contribution in [-0.4, -0.2) is 52.0 Å². The average molecular weight is 554 g/mol. The molecule has 0 aliphatic heterocycles. The van der Waals surface area contributed by atoms with Gasteiger partial charge in [0.2, 0.25) is 17.7 Å². The molecule has 1 aromatic rings. The molecular weight excluding hydrogens is 525 g/mol. The summed E-state index contributed by atoms with van der Waals surface area (Å²) in [6.45, 7) is 0. The van der Waals surface area contributed by atoms with Crippen LogP contribution in [0.3, 0.4) is 0 Å². The lowest BCUT2D eigenvalue weighted by Crippen LogP contribution is -2.53. The largest absolute Gasteiger partial charge is 0.481 e. The van der Waals surface area contributed by atoms with E-state index in [4.69, 9.17) is 39.1 Å². The number of aliphatic carboxylic acids is 2. The standard InChI is InChI=1S/C25H29Cl2N3O7/c26-17-11-16(12-18(27)13-17)15-4-1-14(2-5-15)3-8-21(31)29-20(7-10-23(34)35)25(37)30-19(24(28)36)6-9-22(32)33/h1,4,11-13,19-20H,2-3,5-10H2,(H2,28,36)(H,29,31)(H,30,37)(H,32,33)(H,34,35)/t19-,20-/m0/s1. The first kappa shape index (κ1) is 29.9. The zero-order chi connectivity index (χ0) is 27.5. The number of hydrogen-bond acceptors (Lipinski definition) is 5. The van der Waals surface area contributed by atoms with E-state index in [1.54, 1.807) is 6.07 Å². The maximum Gasteiger partial charge on any atom is 0.303 e. The van der Waals surface area contributed by atoms with E-state index in [9.17, 15) is 24.0 Å². The van der Waals surface area contributed by atoms with Crippen molar-refractivity contribution >= 4 is 58.4 Å². The number of rotatable bonds is 14. The lowest BCUT2D eigenvalue weighted by atomic mass is 9.91. The highest BCUT2D eigenvalue weighted by atomic mass is 35.5. The smallest absolute Gasteiger partial charge is 0.303 e. The molecule has 2 rings (SSSR count). The highest BCUT2D eigenvalue weighted by molar-refractivity contribution is 6.34. The minimum Gasteiger partial charge on any atom is -0.481 e. The van der Waals surface area contributed by atoms with Crippen molar-refractivity contribution in [2.24, 2.45) is 5.73 Å². The number of carbonyl (C=O) groups excluding carboxylic acids is 3. The average Bonchev–Trinajstić information content (AvgIpc) is 2.82. The highest BCUT2D eigenvalue weighted by Gasteiger charge is 2.26. The number of benzene rings is 1. The van der Waals surface area contributed by atoms with Crippen LogP contribution in [-0.2, 0) is 24.0 Å². The maximum atomic E-state index is 12.7. The van der Waals surface area contributed by atoms with Crippen molar-refractivity contribution < 1.29 is 34.2 Å². The number of primary amides is 1. The quantitative estimate of drug-likeness (QED) is 0.235. The third-order valence-electron chi connectivity index (χ3n) is 5.75. The van der Waals surface area contributed by atoms with E-state index in [2.05, 4.69) is 10.6 Å². The molecule has 0 unspecified atom stereocenters. The molecule has 1 aliphatic rings. The minimum atomic E-state index is -1.27. The van der Waals surface area contributed by atoms with Gasteiger partial charge in [-0.25, -0.2) is 0 Å². The first-order valence-electron chi connectivity index (χ1n) is 11.6. The van der Waals surface area contributed by atoms with Crippen molar-refractivity contribution in [3.63, 3.8) is 0 Å². The second-order valence-electron chi connectivity index (χ2n) is 8.62. The molecule has 1 aromatic carbocycles. The SMILES string of the molecule is NC(=O)[C@H](CCC(=O)O)NC(=O)[C@H](CCC(=O)O)NC(=O)CCC1=CC=C(c2cc(Cl)cc(Cl)c2)CC1. The van der Waals surface area contributed by atoms with E-state index >= 15 is 0 Å². The van der Waals surface area contributed by atoms with Gasteiger partial charge in [-0.1, -0.05) is 40.9 Å². The Morgan fingerprint density at radius 3 is 1.95 bits per heavy atom. The molecule has 1 aliphatic carbocycles. The second-order valence-corrected chi connectivity index (χ2v) is 9.50. The fourth-order valence-electron chi connectivity index (χ4n) is 3.77. The molecule has 12 heteroatoms. The molecule has 0 bridgehead atoms. The van der Waals surface area contributed by atoms with E-state index in [-0.39, 0.29) is 19.3 Å². The van der Waals surface area contributed by atoms with Crippen molar-refractivity contribution in [2.75, 3.05) is 0 Å². The molecule has 0 saturated heterocycles. The summed E-state index contributed by atoms with van der Waals surface area (Å²) in [7, 11) is 0. The zero-order valence-electron chi connectivity index (χ0n) is 20.0. The van der Waals surface area contributed by atoms with Gasteiger partial charge in [0.05, 0.1) is 0 Å². The van der Waals surface area contributed by atoms with Crippen LogP contribution in [0.4, 0.5) is 0 Å². The van der Waals surface area contributed by atoms with Gasteiger partial charge in [-0.05, 0) is 61.4 Å². The fourth-order valence-corrected chi connectivity index (χ4v) is 4.30. The maximum absolute atomic E-state index is 12.7. The number of carbonyl (C=O) groups is 5. The van der Waals surface area contributed by atoms with E-state index in [0.29, 0.717) is 16.5 Å². The highest BCUT2D eigenvalue weighted by Crippen LogP contribution is 2.31. The summed E-state index contributed by atoms with van der Waals surface area (Å²) in [4.78, 5) is 58.6. The predicted molar refractivity (Wildman–Crippen MR) is 138 cm³/mol. The Kier molecular flexibility index (Phi) is 11.6. The number of allylic oxidation sites excluding steroid dienone is 4. The molecule has 0 fully saturated rings. The van der Waals surface area contributed by atoms with Gasteiger partial charge in [-0.3, -0.25) is 24.0 Å². The van der Waals surface area contributed by atoms with E-state index < -0.39 is 54.6 Å². The van der Waals surface area contributed by atoms with Gasteiger partial charge in [0.15, 0.2) is 0 Å². The van der Waals surface area contributed by atoms with Gasteiger partial charge in [0, 0.05) is 29.3 Å². The summed E-state index contributed by atoms with van der Waals surface area (Å²) in [5.41, 5.74) is 8.25. The third-order valence-corrected chi connectivity index (χ3v) is 6.18. The molecule has 3 amide bonds. The zero-order valence-corrected chi connectivity index (χ0v) is 21.5. The topological polar surface area (TPSA) is 176 Å². The summed E-state index contributed by atoms with van der Waals surface area (Å²) in [6.07, 6.45) is 4.56. The van der Waals surface area contributed by atoms with Crippen molar-refractivity contribution in [3.05, 3.63) is 51.5 Å². The monoisotopic (exact) mass is 553 g/mol. The van der Waals surface area contributed by atoms with Crippen LogP contribution in [0, 0.1) is 0 Å². The molecule has 0 spiro atoms. The van der Waals surface area contributed by atoms with Crippen LogP contribution < -0.4 is 16.4 Å². The van der Waals surface area contributed by atoms with Gasteiger partial charge in [-0.15, -0.1) is 0 Å². The Morgan fingerprint density at radius 2 is 1.43 bits per heavy atom. The van der Waals surface area contributed by atoms with Gasteiger partial charge in [0.25, 0.3) is 0 Å². The second kappa shape index (κ2) is 14.4. The summed E-state index contributed by atoms with van der Waals surface area (Å²) >= 11 is 12.2. The molecule has 200 valence electrons. The van der Waals surface area contributed by atoms with Crippen molar-refractivity contribution in [1.29, 1.82) is 0 Å². The number of hydrogen-bond donors (Lipinski definition) is 5. The van der Waals surface area contributed by atoms with Gasteiger partial charge >= 0.3 is 11.9 Å². The minimum absolute atomic E-state index is 0.0626. The lowest BCUT2D eigenvalue weighted by molar-refractivity contribution is -0.139. The van der Waals surface area contributed by atoms with E-state index in [1.807, 2.05) is 24.3 Å². The first-order valence-corrected chi connectivity index (χ1v) is 12.4. The van der Waals surface area contributed by atoms with Crippen LogP contribution in [0.15, 0.2) is 35.9 Å². The summed E-state index contributed by atoms with van der Waals surface area (Å²) in [5.74, 6) is -4.56. The van der Waals surface area contributed by atoms with Gasteiger partial charge < -0.3 is 26.6 Å². The Hall–Kier alpha value is -3.37. The van der Waals surface area contributed by atoms with Crippen molar-refractivity contribution in [2.45, 2.75) is 63.5 Å². The van der Waals surface area contributed by atoms with Crippen molar-refractivity contribution in [1.82, 2.24) is 10.6 Å². The van der Waals surface area contributed by atoms with Gasteiger partial charge in [0.1, 0.15) is 12.1 Å². The fraction of sp³-hybridized carbons (Fsp3) is 0.400. The van der Waals surface area contributed by atoms with Crippen LogP contribution in [0.1, 0.15) is 56.9 Å². The Balaban J connectivity index is 1.98. The van der Waals surface area contributed by atoms with E-state index in [0.717, 1.165) is 29.6 Å².